The first-order valence-electron chi connectivity index (χ1n) is 5.22. The Morgan fingerprint density at radius 3 is 3.06 bits per heavy atom. The smallest absolute Gasteiger partial charge is 0.261 e. The zero-order valence-electron chi connectivity index (χ0n) is 9.36. The summed E-state index contributed by atoms with van der Waals surface area (Å²) in [6, 6.07) is 3.92. The molecule has 0 fully saturated rings. The third-order valence-corrected chi connectivity index (χ3v) is 3.54. The second-order valence-corrected chi connectivity index (χ2v) is 5.16. The monoisotopic (exact) mass is 232 g/mol. The zero-order valence-corrected chi connectivity index (χ0v) is 10.2. The molecule has 0 radical (unpaired) electrons. The van der Waals surface area contributed by atoms with Gasteiger partial charge in [0.1, 0.15) is 0 Å². The van der Waals surface area contributed by atoms with Crippen LogP contribution in [-0.4, -0.2) is 26.0 Å². The lowest BCUT2D eigenvalue weighted by atomic mass is 10.1. The summed E-state index contributed by atoms with van der Waals surface area (Å²) >= 11 is 1.52. The van der Waals surface area contributed by atoms with Crippen molar-refractivity contribution in [3.8, 4) is 0 Å². The maximum absolute atomic E-state index is 11.9. The highest BCUT2D eigenvalue weighted by molar-refractivity contribution is 7.21. The third kappa shape index (κ3) is 2.42. The molecule has 0 spiro atoms. The minimum absolute atomic E-state index is 0.00569. The number of hydrogen-bond donors (Lipinski definition) is 1. The topological polar surface area (TPSA) is 41.5 Å². The fourth-order valence-corrected chi connectivity index (χ4v) is 2.34. The number of thiophene rings is 1. The van der Waals surface area contributed by atoms with Crippen molar-refractivity contribution in [3.05, 3.63) is 28.8 Å². The van der Waals surface area contributed by atoms with Crippen LogP contribution in [0.2, 0.25) is 0 Å². The second kappa shape index (κ2) is 4.66. The summed E-state index contributed by atoms with van der Waals surface area (Å²) in [5.74, 6) is 0.00569. The van der Waals surface area contributed by atoms with E-state index < -0.39 is 0 Å². The largest absolute Gasteiger partial charge is 0.344 e. The molecule has 1 N–H and O–H groups in total. The maximum Gasteiger partial charge on any atom is 0.261 e. The Kier molecular flexibility index (Phi) is 3.24. The number of rotatable bonds is 2. The zero-order chi connectivity index (χ0) is 11.5. The summed E-state index contributed by atoms with van der Waals surface area (Å²) in [5, 5.41) is 3.01. The SMILES string of the molecule is Bc1ccc(C(=O)NC2CC=NC=C2C)s1. The van der Waals surface area contributed by atoms with Gasteiger partial charge in [-0.05, 0) is 23.3 Å². The molecule has 16 heavy (non-hydrogen) atoms. The van der Waals surface area contributed by atoms with Gasteiger partial charge in [-0.25, -0.2) is 0 Å². The van der Waals surface area contributed by atoms with Crippen molar-refractivity contribution in [2.45, 2.75) is 19.4 Å². The lowest BCUT2D eigenvalue weighted by Crippen LogP contribution is -2.36. The molecule has 5 heteroatoms. The molecule has 0 aliphatic carbocycles. The number of aliphatic imine (C=N–C) groups is 1. The molecule has 3 nitrogen and oxygen atoms in total. The summed E-state index contributed by atoms with van der Waals surface area (Å²) in [6.07, 6.45) is 4.41. The molecule has 0 saturated heterocycles. The number of carbonyl (C=O) groups is 1. The highest BCUT2D eigenvalue weighted by Crippen LogP contribution is 2.12. The van der Waals surface area contributed by atoms with Crippen LogP contribution in [-0.2, 0) is 0 Å². The third-order valence-electron chi connectivity index (χ3n) is 2.54. The van der Waals surface area contributed by atoms with Crippen molar-refractivity contribution in [1.82, 2.24) is 5.32 Å². The van der Waals surface area contributed by atoms with Gasteiger partial charge in [0, 0.05) is 18.8 Å². The van der Waals surface area contributed by atoms with E-state index in [0.717, 1.165) is 21.6 Å². The van der Waals surface area contributed by atoms with E-state index in [1.807, 2.05) is 33.1 Å². The molecule has 1 amide bonds. The van der Waals surface area contributed by atoms with Crippen LogP contribution in [0.4, 0.5) is 0 Å². The standard InChI is InChI=1S/C11H13BN2OS/c1-7-6-13-5-4-8(7)14-11(15)9-2-3-10(12)16-9/h2-3,5-6,8H,4,12H2,1H3,(H,14,15). The molecule has 0 bridgehead atoms. The van der Waals surface area contributed by atoms with Crippen molar-refractivity contribution < 1.29 is 4.79 Å². The number of hydrogen-bond acceptors (Lipinski definition) is 3. The summed E-state index contributed by atoms with van der Waals surface area (Å²) < 4.78 is 1.16. The first kappa shape index (κ1) is 11.1. The normalized spacial score (nSPS) is 19.3. The number of carbonyl (C=O) groups excluding carboxylic acids is 1. The van der Waals surface area contributed by atoms with Gasteiger partial charge >= 0.3 is 0 Å². The van der Waals surface area contributed by atoms with E-state index in [1.54, 1.807) is 6.20 Å². The van der Waals surface area contributed by atoms with Crippen LogP contribution in [0.3, 0.4) is 0 Å². The Bertz CT molecular complexity index is 464. The van der Waals surface area contributed by atoms with Gasteiger partial charge in [0.15, 0.2) is 7.85 Å². The van der Waals surface area contributed by atoms with E-state index in [0.29, 0.717) is 0 Å². The van der Waals surface area contributed by atoms with E-state index in [-0.39, 0.29) is 11.9 Å². The lowest BCUT2D eigenvalue weighted by Gasteiger charge is -2.19. The molecular formula is C11H13BN2OS. The van der Waals surface area contributed by atoms with Crippen LogP contribution in [0.15, 0.2) is 28.9 Å². The highest BCUT2D eigenvalue weighted by atomic mass is 32.1. The highest BCUT2D eigenvalue weighted by Gasteiger charge is 2.16. The molecule has 1 aliphatic heterocycles. The Labute approximate surface area is 99.7 Å². The van der Waals surface area contributed by atoms with Gasteiger partial charge < -0.3 is 5.32 Å². The van der Waals surface area contributed by atoms with E-state index in [1.165, 1.54) is 11.3 Å². The molecular weight excluding hydrogens is 219 g/mol. The van der Waals surface area contributed by atoms with Crippen molar-refractivity contribution in [2.75, 3.05) is 0 Å². The van der Waals surface area contributed by atoms with E-state index in [4.69, 9.17) is 0 Å². The maximum atomic E-state index is 11.9. The first-order chi connectivity index (χ1) is 7.66. The molecule has 1 aliphatic rings. The fraction of sp³-hybridized carbons (Fsp3) is 0.273. The van der Waals surface area contributed by atoms with Crippen LogP contribution in [0.25, 0.3) is 0 Å². The van der Waals surface area contributed by atoms with Gasteiger partial charge in [-0.1, -0.05) is 6.07 Å². The van der Waals surface area contributed by atoms with Crippen LogP contribution in [0, 0.1) is 0 Å². The van der Waals surface area contributed by atoms with Crippen molar-refractivity contribution in [1.29, 1.82) is 0 Å². The molecule has 2 rings (SSSR count). The molecule has 82 valence electrons. The van der Waals surface area contributed by atoms with Crippen LogP contribution in [0.1, 0.15) is 23.0 Å². The van der Waals surface area contributed by atoms with Crippen molar-refractivity contribution in [3.63, 3.8) is 0 Å². The Morgan fingerprint density at radius 2 is 2.44 bits per heavy atom. The molecule has 0 saturated carbocycles. The average Bonchev–Trinajstić information content (AvgIpc) is 2.68. The van der Waals surface area contributed by atoms with Gasteiger partial charge in [0.05, 0.1) is 10.9 Å². The summed E-state index contributed by atoms with van der Waals surface area (Å²) in [5.41, 5.74) is 1.10. The fourth-order valence-electron chi connectivity index (χ4n) is 1.57. The van der Waals surface area contributed by atoms with Crippen LogP contribution < -0.4 is 10.1 Å². The lowest BCUT2D eigenvalue weighted by molar-refractivity contribution is 0.0947. The van der Waals surface area contributed by atoms with Crippen molar-refractivity contribution >= 4 is 36.1 Å². The van der Waals surface area contributed by atoms with Crippen LogP contribution >= 0.6 is 11.3 Å². The van der Waals surface area contributed by atoms with E-state index in [9.17, 15) is 4.79 Å². The number of amides is 1. The van der Waals surface area contributed by atoms with Gasteiger partial charge in [-0.15, -0.1) is 11.3 Å². The predicted octanol–water partition coefficient (Wildman–Crippen LogP) is 0.483. The molecule has 1 atom stereocenters. The summed E-state index contributed by atoms with van der Waals surface area (Å²) in [6.45, 7) is 1.99. The first-order valence-corrected chi connectivity index (χ1v) is 6.04. The molecule has 1 aromatic heterocycles. The van der Waals surface area contributed by atoms with Gasteiger partial charge in [-0.3, -0.25) is 9.79 Å². The summed E-state index contributed by atoms with van der Waals surface area (Å²) in [7, 11) is 2.00. The van der Waals surface area contributed by atoms with Crippen molar-refractivity contribution in [2.24, 2.45) is 4.99 Å². The summed E-state index contributed by atoms with van der Waals surface area (Å²) in [4.78, 5) is 16.7. The Balaban J connectivity index is 2.03. The second-order valence-electron chi connectivity index (χ2n) is 3.88. The van der Waals surface area contributed by atoms with Gasteiger partial charge in [-0.2, -0.15) is 0 Å². The minimum Gasteiger partial charge on any atom is -0.344 e. The van der Waals surface area contributed by atoms with E-state index >= 15 is 0 Å². The Hall–Kier alpha value is -1.36. The molecule has 0 aromatic carbocycles. The number of nitrogens with zero attached hydrogens (tertiary/aromatic N) is 1. The Morgan fingerprint density at radius 1 is 1.62 bits per heavy atom. The van der Waals surface area contributed by atoms with Crippen LogP contribution in [0.5, 0.6) is 0 Å². The molecule has 2 heterocycles. The number of nitrogens with one attached hydrogen (secondary N) is 1. The minimum atomic E-state index is 0.00569. The molecule has 1 aromatic rings. The predicted molar refractivity (Wildman–Crippen MR) is 70.6 cm³/mol. The van der Waals surface area contributed by atoms with Gasteiger partial charge in [0.25, 0.3) is 5.91 Å². The van der Waals surface area contributed by atoms with E-state index in [2.05, 4.69) is 10.3 Å². The quantitative estimate of drug-likeness (QED) is 0.740. The van der Waals surface area contributed by atoms with Gasteiger partial charge in [0.2, 0.25) is 0 Å². The average molecular weight is 232 g/mol. The molecule has 1 unspecified atom stereocenters.